The van der Waals surface area contributed by atoms with Crippen molar-refractivity contribution >= 4 is 17.6 Å². The summed E-state index contributed by atoms with van der Waals surface area (Å²) >= 11 is 0. The Balaban J connectivity index is 1.51. The molecule has 2 amide bonds. The molecule has 0 unspecified atom stereocenters. The number of ether oxygens (including phenoxy) is 3. The lowest BCUT2D eigenvalue weighted by Crippen LogP contribution is -2.41. The lowest BCUT2D eigenvalue weighted by molar-refractivity contribution is -0.120. The standard InChI is InChI=1S/C33H33N3O6/c1-22(37)26(21-40-2)34-33(39)28(35-32(38)25-16-10-5-11-17-25)29-31(42-20-24-14-8-4-9-15-24)30(27-18-36(27)29)41-19-23-12-6-3-7-13-23/h3-17,21,27,30-31H,18-20H2,1-2H3,(H,34,39)(H,35,38)/b26-21-,29-28+/t27-,30+,31+,36?/m0/s1. The fourth-order valence-corrected chi connectivity index (χ4v) is 4.93. The number of nitrogens with one attached hydrogen (secondary N) is 2. The summed E-state index contributed by atoms with van der Waals surface area (Å²) in [6.07, 6.45) is 0.0878. The van der Waals surface area contributed by atoms with Gasteiger partial charge in [-0.25, -0.2) is 0 Å². The molecule has 0 aromatic heterocycles. The van der Waals surface area contributed by atoms with E-state index in [9.17, 15) is 14.4 Å². The van der Waals surface area contributed by atoms with Crippen LogP contribution in [0.15, 0.2) is 114 Å². The number of nitrogens with zero attached hydrogens (tertiary/aromatic N) is 1. The number of methoxy groups -OCH3 is 1. The van der Waals surface area contributed by atoms with E-state index in [0.717, 1.165) is 17.4 Å². The number of fused-ring (bicyclic) bond motifs is 1. The van der Waals surface area contributed by atoms with E-state index in [1.807, 2.05) is 65.6 Å². The Morgan fingerprint density at radius 2 is 1.40 bits per heavy atom. The van der Waals surface area contributed by atoms with Crippen LogP contribution in [0.4, 0.5) is 0 Å². The van der Waals surface area contributed by atoms with Crippen molar-refractivity contribution in [1.82, 2.24) is 15.5 Å². The van der Waals surface area contributed by atoms with Gasteiger partial charge in [0.25, 0.3) is 11.8 Å². The average Bonchev–Trinajstić information content (AvgIpc) is 3.74. The van der Waals surface area contributed by atoms with E-state index in [-0.39, 0.29) is 24.0 Å². The van der Waals surface area contributed by atoms with Gasteiger partial charge in [0.2, 0.25) is 0 Å². The lowest BCUT2D eigenvalue weighted by atomic mass is 10.1. The summed E-state index contributed by atoms with van der Waals surface area (Å²) in [4.78, 5) is 41.3. The highest BCUT2D eigenvalue weighted by molar-refractivity contribution is 6.06. The zero-order chi connectivity index (χ0) is 29.5. The maximum absolute atomic E-state index is 13.8. The van der Waals surface area contributed by atoms with Crippen molar-refractivity contribution in [2.24, 2.45) is 0 Å². The number of ketones is 1. The van der Waals surface area contributed by atoms with E-state index in [0.29, 0.717) is 24.4 Å². The molecule has 9 heteroatoms. The number of carbonyl (C=O) groups is 3. The number of benzene rings is 3. The number of hydrogen-bond acceptors (Lipinski definition) is 7. The summed E-state index contributed by atoms with van der Waals surface area (Å²) in [5.41, 5.74) is 2.77. The van der Waals surface area contributed by atoms with Crippen molar-refractivity contribution < 1.29 is 28.6 Å². The fourth-order valence-electron chi connectivity index (χ4n) is 4.93. The molecule has 216 valence electrons. The maximum atomic E-state index is 13.8. The van der Waals surface area contributed by atoms with Gasteiger partial charge in [-0.1, -0.05) is 78.9 Å². The van der Waals surface area contributed by atoms with E-state index in [4.69, 9.17) is 14.2 Å². The first-order valence-corrected chi connectivity index (χ1v) is 13.7. The molecule has 2 N–H and O–H groups in total. The molecule has 5 rings (SSSR count). The first-order chi connectivity index (χ1) is 20.5. The Morgan fingerprint density at radius 1 is 0.833 bits per heavy atom. The minimum atomic E-state index is -0.671. The Labute approximate surface area is 244 Å². The first-order valence-electron chi connectivity index (χ1n) is 13.7. The van der Waals surface area contributed by atoms with E-state index in [1.54, 1.807) is 30.3 Å². The van der Waals surface area contributed by atoms with Crippen LogP contribution < -0.4 is 10.6 Å². The Hall–Kier alpha value is -4.73. The molecule has 3 aromatic carbocycles. The van der Waals surface area contributed by atoms with Gasteiger partial charge in [0.1, 0.15) is 29.9 Å². The van der Waals surface area contributed by atoms with Crippen molar-refractivity contribution in [3.63, 3.8) is 0 Å². The lowest BCUT2D eigenvalue weighted by Gasteiger charge is -2.25. The van der Waals surface area contributed by atoms with Crippen molar-refractivity contribution in [2.45, 2.75) is 38.4 Å². The molecule has 2 aliphatic rings. The second-order valence-corrected chi connectivity index (χ2v) is 10.1. The summed E-state index contributed by atoms with van der Waals surface area (Å²) in [5.74, 6) is -1.54. The first kappa shape index (κ1) is 28.8. The number of hydrogen-bond donors (Lipinski definition) is 2. The molecule has 0 radical (unpaired) electrons. The maximum Gasteiger partial charge on any atom is 0.274 e. The van der Waals surface area contributed by atoms with Crippen LogP contribution in [0.5, 0.6) is 0 Å². The third-order valence-corrected chi connectivity index (χ3v) is 7.09. The third kappa shape index (κ3) is 6.76. The van der Waals surface area contributed by atoms with Crippen LogP contribution in [0.1, 0.15) is 28.4 Å². The quantitative estimate of drug-likeness (QED) is 0.195. The number of piperidine rings is 1. The number of rotatable bonds is 12. The zero-order valence-electron chi connectivity index (χ0n) is 23.5. The van der Waals surface area contributed by atoms with Crippen molar-refractivity contribution in [2.75, 3.05) is 13.7 Å². The van der Waals surface area contributed by atoms with Gasteiger partial charge in [0.05, 0.1) is 32.1 Å². The minimum Gasteiger partial charge on any atom is -0.502 e. The van der Waals surface area contributed by atoms with Crippen LogP contribution in [-0.4, -0.2) is 54.4 Å². The number of allylic oxidation sites excluding steroid dienone is 1. The Morgan fingerprint density at radius 3 is 1.98 bits per heavy atom. The predicted octanol–water partition coefficient (Wildman–Crippen LogP) is 3.69. The highest BCUT2D eigenvalue weighted by Gasteiger charge is 2.58. The number of Topliss-reactive ketones (excluding diaryl/α,β-unsaturated/α-hetero) is 1. The molecule has 0 aliphatic carbocycles. The molecule has 2 heterocycles. The molecule has 2 fully saturated rings. The molecule has 42 heavy (non-hydrogen) atoms. The summed E-state index contributed by atoms with van der Waals surface area (Å²) in [5, 5.41) is 5.42. The monoisotopic (exact) mass is 567 g/mol. The zero-order valence-corrected chi connectivity index (χ0v) is 23.5. The molecule has 0 spiro atoms. The summed E-state index contributed by atoms with van der Waals surface area (Å²) in [6, 6.07) is 28.1. The van der Waals surface area contributed by atoms with Crippen LogP contribution in [0, 0.1) is 0 Å². The minimum absolute atomic E-state index is 0.0153. The molecular formula is C33H33N3O6. The molecule has 2 saturated heterocycles. The summed E-state index contributed by atoms with van der Waals surface area (Å²) in [6.45, 7) is 2.57. The van der Waals surface area contributed by atoms with Gasteiger partial charge in [-0.15, -0.1) is 0 Å². The normalized spacial score (nSPS) is 20.4. The summed E-state index contributed by atoms with van der Waals surface area (Å²) in [7, 11) is 1.38. The number of carbonyl (C=O) groups excluding carboxylic acids is 3. The van der Waals surface area contributed by atoms with Gasteiger partial charge >= 0.3 is 0 Å². The smallest absolute Gasteiger partial charge is 0.274 e. The van der Waals surface area contributed by atoms with Gasteiger partial charge in [0, 0.05) is 19.0 Å². The van der Waals surface area contributed by atoms with Crippen LogP contribution in [-0.2, 0) is 37.0 Å². The van der Waals surface area contributed by atoms with E-state index in [2.05, 4.69) is 10.6 Å². The number of amides is 2. The van der Waals surface area contributed by atoms with Crippen LogP contribution in [0.25, 0.3) is 0 Å². The van der Waals surface area contributed by atoms with Crippen LogP contribution in [0.2, 0.25) is 0 Å². The predicted molar refractivity (Wildman–Crippen MR) is 155 cm³/mol. The molecule has 3 atom stereocenters. The second kappa shape index (κ2) is 13.3. The molecule has 3 aromatic rings. The van der Waals surface area contributed by atoms with Crippen molar-refractivity contribution in [3.05, 3.63) is 131 Å². The van der Waals surface area contributed by atoms with Gasteiger partial charge < -0.3 is 29.7 Å². The molecule has 2 aliphatic heterocycles. The van der Waals surface area contributed by atoms with E-state index < -0.39 is 29.8 Å². The molecule has 0 saturated carbocycles. The highest BCUT2D eigenvalue weighted by Crippen LogP contribution is 2.44. The van der Waals surface area contributed by atoms with Crippen molar-refractivity contribution in [1.29, 1.82) is 0 Å². The molecular weight excluding hydrogens is 534 g/mol. The SMILES string of the molecule is CO/C=C(\NC(=O)/C(NC(=O)c1ccccc1)=C1/[C@@H](OCc2ccccc2)[C@H](OCc2ccccc2)[C@@H]2CN12)C(C)=O. The largest absolute Gasteiger partial charge is 0.502 e. The Kier molecular flexibility index (Phi) is 9.11. The summed E-state index contributed by atoms with van der Waals surface area (Å²) < 4.78 is 17.9. The van der Waals surface area contributed by atoms with Gasteiger partial charge in [-0.05, 0) is 23.3 Å². The fraction of sp³-hybridized carbons (Fsp3) is 0.242. The van der Waals surface area contributed by atoms with Gasteiger partial charge in [-0.3, -0.25) is 14.4 Å². The Bertz CT molecular complexity index is 1470. The van der Waals surface area contributed by atoms with E-state index >= 15 is 0 Å². The van der Waals surface area contributed by atoms with Gasteiger partial charge in [-0.2, -0.15) is 0 Å². The van der Waals surface area contributed by atoms with Crippen molar-refractivity contribution in [3.8, 4) is 0 Å². The average molecular weight is 568 g/mol. The van der Waals surface area contributed by atoms with Crippen LogP contribution in [0.3, 0.4) is 0 Å². The highest BCUT2D eigenvalue weighted by atomic mass is 16.5. The third-order valence-electron chi connectivity index (χ3n) is 7.09. The molecule has 9 nitrogen and oxygen atoms in total. The second-order valence-electron chi connectivity index (χ2n) is 10.1. The van der Waals surface area contributed by atoms with E-state index in [1.165, 1.54) is 14.0 Å². The molecule has 0 bridgehead atoms. The van der Waals surface area contributed by atoms with Gasteiger partial charge in [0.15, 0.2) is 5.78 Å². The topological polar surface area (TPSA) is 106 Å². The van der Waals surface area contributed by atoms with Crippen LogP contribution >= 0.6 is 0 Å².